The quantitative estimate of drug-likeness (QED) is 0.408. The maximum Gasteiger partial charge on any atom is 0.174 e. The molecule has 1 saturated heterocycles. The number of thiocarbonyl (C=S) groups is 1. The Kier molecular flexibility index (Phi) is 5.60. The van der Waals surface area contributed by atoms with Gasteiger partial charge in [0.1, 0.15) is 6.04 Å². The molecule has 2 aromatic carbocycles. The monoisotopic (exact) mass is 453 g/mol. The van der Waals surface area contributed by atoms with Crippen LogP contribution in [0.2, 0.25) is 0 Å². The third-order valence-electron chi connectivity index (χ3n) is 6.14. The Hall–Kier alpha value is -3.64. The summed E-state index contributed by atoms with van der Waals surface area (Å²) in [7, 11) is 4.09. The molecule has 3 heterocycles. The van der Waals surface area contributed by atoms with Gasteiger partial charge in [0.05, 0.1) is 11.7 Å². The number of rotatable bonds is 5. The van der Waals surface area contributed by atoms with Gasteiger partial charge in [-0.25, -0.2) is 0 Å². The zero-order valence-electron chi connectivity index (χ0n) is 19.0. The molecule has 0 aliphatic carbocycles. The molecule has 0 unspecified atom stereocenters. The number of nitrogens with one attached hydrogen (secondary N) is 1. The highest BCUT2D eigenvalue weighted by molar-refractivity contribution is 7.80. The van der Waals surface area contributed by atoms with E-state index in [0.717, 1.165) is 28.5 Å². The lowest BCUT2D eigenvalue weighted by molar-refractivity contribution is 0.549. The molecule has 0 radical (unpaired) electrons. The zero-order chi connectivity index (χ0) is 22.9. The van der Waals surface area contributed by atoms with E-state index in [2.05, 4.69) is 105 Å². The zero-order valence-corrected chi connectivity index (χ0v) is 19.8. The summed E-state index contributed by atoms with van der Waals surface area (Å²) in [5.41, 5.74) is 6.69. The van der Waals surface area contributed by atoms with E-state index < -0.39 is 0 Å². The van der Waals surface area contributed by atoms with E-state index in [-0.39, 0.29) is 12.1 Å². The van der Waals surface area contributed by atoms with Gasteiger partial charge >= 0.3 is 0 Å². The molecular weight excluding hydrogens is 426 g/mol. The minimum absolute atomic E-state index is 0.0612. The molecule has 2 aromatic heterocycles. The summed E-state index contributed by atoms with van der Waals surface area (Å²) in [5.74, 6) is 0. The van der Waals surface area contributed by atoms with Gasteiger partial charge in [-0.1, -0.05) is 23.8 Å². The van der Waals surface area contributed by atoms with Crippen molar-refractivity contribution in [3.8, 4) is 5.69 Å². The van der Waals surface area contributed by atoms with Crippen molar-refractivity contribution in [3.63, 3.8) is 0 Å². The summed E-state index contributed by atoms with van der Waals surface area (Å²) in [6.45, 7) is 2.11. The fourth-order valence-corrected chi connectivity index (χ4v) is 4.77. The van der Waals surface area contributed by atoms with Crippen LogP contribution in [-0.2, 0) is 0 Å². The number of nitrogens with zero attached hydrogens (tertiary/aromatic N) is 4. The molecule has 1 aliphatic rings. The van der Waals surface area contributed by atoms with Gasteiger partial charge in [-0.3, -0.25) is 4.98 Å². The first-order valence-electron chi connectivity index (χ1n) is 11.1. The molecule has 6 heteroatoms. The van der Waals surface area contributed by atoms with Gasteiger partial charge < -0.3 is 19.7 Å². The van der Waals surface area contributed by atoms with Crippen LogP contribution in [0.3, 0.4) is 0 Å². The van der Waals surface area contributed by atoms with Crippen molar-refractivity contribution < 1.29 is 0 Å². The highest BCUT2D eigenvalue weighted by Gasteiger charge is 2.42. The van der Waals surface area contributed by atoms with Crippen LogP contribution >= 0.6 is 12.2 Å². The molecule has 4 aromatic rings. The Morgan fingerprint density at radius 1 is 0.879 bits per heavy atom. The second kappa shape index (κ2) is 8.71. The summed E-state index contributed by atoms with van der Waals surface area (Å²) in [5, 5.41) is 4.25. The second-order valence-corrected chi connectivity index (χ2v) is 8.93. The Bertz CT molecular complexity index is 1250. The van der Waals surface area contributed by atoms with Crippen LogP contribution in [0, 0.1) is 6.92 Å². The molecule has 1 aliphatic heterocycles. The Morgan fingerprint density at radius 2 is 1.61 bits per heavy atom. The lowest BCUT2D eigenvalue weighted by Gasteiger charge is -2.29. The van der Waals surface area contributed by atoms with E-state index in [1.54, 1.807) is 0 Å². The highest BCUT2D eigenvalue weighted by Crippen LogP contribution is 2.42. The molecule has 0 saturated carbocycles. The van der Waals surface area contributed by atoms with Gasteiger partial charge in [-0.05, 0) is 79.8 Å². The smallest absolute Gasteiger partial charge is 0.174 e. The van der Waals surface area contributed by atoms with Gasteiger partial charge in [0.15, 0.2) is 5.11 Å². The molecule has 1 fully saturated rings. The number of aryl methyl sites for hydroxylation is 1. The number of anilines is 2. The second-order valence-electron chi connectivity index (χ2n) is 8.55. The maximum absolute atomic E-state index is 5.88. The van der Waals surface area contributed by atoms with Gasteiger partial charge in [0.25, 0.3) is 0 Å². The van der Waals surface area contributed by atoms with Crippen molar-refractivity contribution in [1.82, 2.24) is 14.9 Å². The van der Waals surface area contributed by atoms with Crippen LogP contribution < -0.4 is 15.1 Å². The normalized spacial score (nSPS) is 17.8. The van der Waals surface area contributed by atoms with E-state index in [0.29, 0.717) is 5.11 Å². The minimum Gasteiger partial charge on any atom is -0.378 e. The van der Waals surface area contributed by atoms with E-state index in [1.807, 2.05) is 32.4 Å². The summed E-state index contributed by atoms with van der Waals surface area (Å²) in [6.07, 6.45) is 3.95. The third-order valence-corrected chi connectivity index (χ3v) is 6.45. The molecule has 33 heavy (non-hydrogen) atoms. The number of pyridine rings is 1. The Labute approximate surface area is 200 Å². The molecule has 5 nitrogen and oxygen atoms in total. The van der Waals surface area contributed by atoms with Crippen LogP contribution in [0.15, 0.2) is 91.3 Å². The summed E-state index contributed by atoms with van der Waals surface area (Å²) >= 11 is 5.88. The predicted molar refractivity (Wildman–Crippen MR) is 139 cm³/mol. The van der Waals surface area contributed by atoms with Crippen LogP contribution in [0.25, 0.3) is 5.69 Å². The van der Waals surface area contributed by atoms with Crippen molar-refractivity contribution in [3.05, 3.63) is 108 Å². The lowest BCUT2D eigenvalue weighted by atomic mass is 10.0. The summed E-state index contributed by atoms with van der Waals surface area (Å²) in [4.78, 5) is 8.98. The summed E-state index contributed by atoms with van der Waals surface area (Å²) in [6, 6.07) is 27.3. The molecule has 0 spiro atoms. The molecular formula is C27H27N5S. The standard InChI is InChI=1S/C27H27N5S/c1-19-9-11-21(12-10-19)31-18-6-8-24(31)26-25(23-7-4-5-17-28-23)29-27(33)32(26)22-15-13-20(14-16-22)30(2)3/h4-18,25-26H,1-3H3,(H,29,33)/t25-,26+/m1/s1. The first-order valence-corrected chi connectivity index (χ1v) is 11.5. The third kappa shape index (κ3) is 3.98. The average molecular weight is 454 g/mol. The molecule has 0 bridgehead atoms. The van der Waals surface area contributed by atoms with Crippen molar-refractivity contribution in [2.45, 2.75) is 19.0 Å². The van der Waals surface area contributed by atoms with Gasteiger partial charge in [0, 0.05) is 49.2 Å². The first kappa shape index (κ1) is 21.2. The number of hydrogen-bond acceptors (Lipinski definition) is 3. The largest absolute Gasteiger partial charge is 0.378 e. The van der Waals surface area contributed by atoms with Crippen molar-refractivity contribution in [2.75, 3.05) is 23.9 Å². The molecule has 0 amide bonds. The van der Waals surface area contributed by atoms with Gasteiger partial charge in [-0.2, -0.15) is 0 Å². The lowest BCUT2D eigenvalue weighted by Crippen LogP contribution is -2.30. The molecule has 166 valence electrons. The van der Waals surface area contributed by atoms with E-state index in [4.69, 9.17) is 12.2 Å². The maximum atomic E-state index is 5.88. The highest BCUT2D eigenvalue weighted by atomic mass is 32.1. The Morgan fingerprint density at radius 3 is 2.27 bits per heavy atom. The first-order chi connectivity index (χ1) is 16.0. The molecule has 2 atom stereocenters. The number of hydrogen-bond donors (Lipinski definition) is 1. The topological polar surface area (TPSA) is 36.3 Å². The SMILES string of the molecule is Cc1ccc(-n2cccc2[C@H]2[C@@H](c3ccccn3)NC(=S)N2c2ccc(N(C)C)cc2)cc1. The van der Waals surface area contributed by atoms with Crippen molar-refractivity contribution >= 4 is 28.7 Å². The van der Waals surface area contributed by atoms with Gasteiger partial charge in [-0.15, -0.1) is 0 Å². The fourth-order valence-electron chi connectivity index (χ4n) is 4.42. The van der Waals surface area contributed by atoms with E-state index in [9.17, 15) is 0 Å². The molecule has 5 rings (SSSR count). The fraction of sp³-hybridized carbons (Fsp3) is 0.185. The average Bonchev–Trinajstić information content (AvgIpc) is 3.44. The van der Waals surface area contributed by atoms with E-state index in [1.165, 1.54) is 5.56 Å². The van der Waals surface area contributed by atoms with E-state index >= 15 is 0 Å². The predicted octanol–water partition coefficient (Wildman–Crippen LogP) is 5.42. The minimum atomic E-state index is -0.0775. The van der Waals surface area contributed by atoms with Crippen LogP contribution in [-0.4, -0.2) is 28.8 Å². The van der Waals surface area contributed by atoms with Gasteiger partial charge in [0.2, 0.25) is 0 Å². The van der Waals surface area contributed by atoms with Crippen LogP contribution in [0.1, 0.15) is 29.0 Å². The summed E-state index contributed by atoms with van der Waals surface area (Å²) < 4.78 is 2.25. The Balaban J connectivity index is 1.63. The van der Waals surface area contributed by atoms with Crippen LogP contribution in [0.5, 0.6) is 0 Å². The number of aromatic nitrogens is 2. The molecule has 1 N–H and O–H groups in total. The number of benzene rings is 2. The van der Waals surface area contributed by atoms with Crippen molar-refractivity contribution in [1.29, 1.82) is 0 Å². The van der Waals surface area contributed by atoms with Crippen LogP contribution in [0.4, 0.5) is 11.4 Å². The van der Waals surface area contributed by atoms with Crippen molar-refractivity contribution in [2.24, 2.45) is 0 Å².